The summed E-state index contributed by atoms with van der Waals surface area (Å²) in [6.45, 7) is 14.5. The number of nitrogens with one attached hydrogen (secondary N) is 1. The van der Waals surface area contributed by atoms with Crippen LogP contribution in [0.1, 0.15) is 31.5 Å². The maximum absolute atomic E-state index is 4.92. The minimum Gasteiger partial charge on any atom is -0.354 e. The van der Waals surface area contributed by atoms with Gasteiger partial charge in [0.1, 0.15) is 12.2 Å². The van der Waals surface area contributed by atoms with Crippen LogP contribution in [0.5, 0.6) is 0 Å². The van der Waals surface area contributed by atoms with Crippen LogP contribution in [-0.2, 0) is 19.5 Å². The predicted molar refractivity (Wildman–Crippen MR) is 131 cm³/mol. The molecule has 29 heavy (non-hydrogen) atoms. The molecule has 1 aliphatic heterocycles. The maximum atomic E-state index is 4.92. The van der Waals surface area contributed by atoms with Crippen LogP contribution < -0.4 is 5.32 Å². The Labute approximate surface area is 195 Å². The molecule has 0 aromatic carbocycles. The molecule has 2 aromatic heterocycles. The van der Waals surface area contributed by atoms with E-state index in [0.717, 1.165) is 64.0 Å². The Morgan fingerprint density at radius 2 is 2.07 bits per heavy atom. The highest BCUT2D eigenvalue weighted by atomic mass is 127. The molecule has 0 radical (unpaired) electrons. The van der Waals surface area contributed by atoms with E-state index >= 15 is 0 Å². The molecule has 7 nitrogen and oxygen atoms in total. The number of hydrogen-bond donors (Lipinski definition) is 1. The van der Waals surface area contributed by atoms with E-state index in [4.69, 9.17) is 4.99 Å². The lowest BCUT2D eigenvalue weighted by Gasteiger charge is -2.37. The van der Waals surface area contributed by atoms with Gasteiger partial charge in [-0.25, -0.2) is 4.99 Å². The minimum absolute atomic E-state index is 0. The number of nitrogens with zero attached hydrogens (tertiary/aromatic N) is 6. The van der Waals surface area contributed by atoms with Crippen molar-refractivity contribution in [3.05, 3.63) is 34.5 Å². The average Bonchev–Trinajstić information content (AvgIpc) is 3.36. The smallest absolute Gasteiger partial charge is 0.194 e. The third-order valence-corrected chi connectivity index (χ3v) is 5.77. The highest BCUT2D eigenvalue weighted by molar-refractivity contribution is 14.0. The van der Waals surface area contributed by atoms with Crippen molar-refractivity contribution in [3.8, 4) is 0 Å². The molecule has 162 valence electrons. The molecule has 0 unspecified atom stereocenters. The first-order chi connectivity index (χ1) is 13.7. The maximum Gasteiger partial charge on any atom is 0.194 e. The van der Waals surface area contributed by atoms with Crippen LogP contribution in [0.25, 0.3) is 0 Å². The van der Waals surface area contributed by atoms with Gasteiger partial charge in [0.05, 0.1) is 6.54 Å². The summed E-state index contributed by atoms with van der Waals surface area (Å²) >= 11 is 1.76. The normalized spacial score (nSPS) is 15.6. The van der Waals surface area contributed by atoms with Gasteiger partial charge in [-0.2, -0.15) is 0 Å². The van der Waals surface area contributed by atoms with Gasteiger partial charge in [-0.3, -0.25) is 4.90 Å². The van der Waals surface area contributed by atoms with Crippen LogP contribution in [0, 0.1) is 5.92 Å². The number of guanidine groups is 1. The quantitative estimate of drug-likeness (QED) is 0.323. The van der Waals surface area contributed by atoms with Gasteiger partial charge in [-0.05, 0) is 17.4 Å². The topological polar surface area (TPSA) is 61.6 Å². The molecule has 0 spiro atoms. The van der Waals surface area contributed by atoms with Crippen molar-refractivity contribution in [1.82, 2.24) is 29.9 Å². The number of aromatic nitrogens is 3. The Morgan fingerprint density at radius 1 is 1.28 bits per heavy atom. The first-order valence-electron chi connectivity index (χ1n) is 10.3. The molecule has 3 heterocycles. The van der Waals surface area contributed by atoms with Crippen molar-refractivity contribution in [2.75, 3.05) is 39.3 Å². The molecule has 9 heteroatoms. The first-order valence-corrected chi connectivity index (χ1v) is 11.2. The summed E-state index contributed by atoms with van der Waals surface area (Å²) in [5.74, 6) is 2.76. The lowest BCUT2D eigenvalue weighted by molar-refractivity contribution is 0.163. The highest BCUT2D eigenvalue weighted by Gasteiger charge is 2.20. The van der Waals surface area contributed by atoms with Crippen LogP contribution >= 0.6 is 35.3 Å². The Balaban J connectivity index is 0.00000300. The van der Waals surface area contributed by atoms with Crippen molar-refractivity contribution in [2.24, 2.45) is 10.9 Å². The van der Waals surface area contributed by atoms with Crippen molar-refractivity contribution in [3.63, 3.8) is 0 Å². The van der Waals surface area contributed by atoms with E-state index in [1.807, 2.05) is 6.33 Å². The molecule has 1 aliphatic rings. The summed E-state index contributed by atoms with van der Waals surface area (Å²) in [5, 5.41) is 13.9. The highest BCUT2D eigenvalue weighted by Crippen LogP contribution is 2.11. The van der Waals surface area contributed by atoms with Gasteiger partial charge in [0, 0.05) is 57.1 Å². The average molecular weight is 532 g/mol. The van der Waals surface area contributed by atoms with Crippen LogP contribution in [0.4, 0.5) is 0 Å². The third-order valence-electron chi connectivity index (χ3n) is 4.91. The van der Waals surface area contributed by atoms with E-state index in [2.05, 4.69) is 68.2 Å². The zero-order valence-electron chi connectivity index (χ0n) is 17.8. The fourth-order valence-corrected chi connectivity index (χ4v) is 4.14. The van der Waals surface area contributed by atoms with Gasteiger partial charge >= 0.3 is 0 Å². The summed E-state index contributed by atoms with van der Waals surface area (Å²) in [5.41, 5.74) is 0. The Bertz CT molecular complexity index is 721. The molecule has 0 aliphatic carbocycles. The second-order valence-electron chi connectivity index (χ2n) is 7.62. The van der Waals surface area contributed by atoms with Crippen LogP contribution in [0.15, 0.2) is 28.8 Å². The number of thiophene rings is 1. The zero-order valence-corrected chi connectivity index (χ0v) is 20.9. The first kappa shape index (κ1) is 24.1. The van der Waals surface area contributed by atoms with Crippen LogP contribution in [0.3, 0.4) is 0 Å². The predicted octanol–water partition coefficient (Wildman–Crippen LogP) is 2.94. The van der Waals surface area contributed by atoms with Crippen molar-refractivity contribution in [2.45, 2.75) is 40.3 Å². The van der Waals surface area contributed by atoms with Gasteiger partial charge in [-0.1, -0.05) is 26.8 Å². The molecule has 1 N–H and O–H groups in total. The van der Waals surface area contributed by atoms with Gasteiger partial charge in [0.15, 0.2) is 5.96 Å². The van der Waals surface area contributed by atoms with Gasteiger partial charge in [0.25, 0.3) is 0 Å². The molecule has 3 rings (SSSR count). The van der Waals surface area contributed by atoms with E-state index in [1.54, 1.807) is 11.3 Å². The number of halogens is 1. The number of piperazine rings is 1. The Hall–Kier alpha value is -1.20. The molecule has 2 aromatic rings. The fourth-order valence-electron chi connectivity index (χ4n) is 3.51. The van der Waals surface area contributed by atoms with Gasteiger partial charge in [0.2, 0.25) is 0 Å². The lowest BCUT2D eigenvalue weighted by atomic mass is 10.2. The molecule has 0 saturated carbocycles. The number of hydrogen-bond acceptors (Lipinski definition) is 5. The van der Waals surface area contributed by atoms with Crippen molar-refractivity contribution < 1.29 is 0 Å². The standard InChI is InChI=1S/C20H33N7S.HI/c1-4-19-24-23-16-27(19)8-7-21-20(22-14-18-6-5-13-28-18)26-11-9-25(10-12-26)15-17(2)3;/h5-6,13,16-17H,4,7-12,14-15H2,1-3H3,(H,21,22);1H. The molecule has 1 saturated heterocycles. The third kappa shape index (κ3) is 7.53. The second kappa shape index (κ2) is 12.5. The number of aryl methyl sites for hydroxylation is 1. The van der Waals surface area contributed by atoms with E-state index < -0.39 is 0 Å². The molecule has 1 fully saturated rings. The lowest BCUT2D eigenvalue weighted by Crippen LogP contribution is -2.53. The Kier molecular flexibility index (Phi) is 10.4. The minimum atomic E-state index is 0. The van der Waals surface area contributed by atoms with Gasteiger partial charge in [-0.15, -0.1) is 45.5 Å². The SMILES string of the molecule is CCc1nncn1CCNC(=NCc1cccs1)N1CCN(CC(C)C)CC1.I. The zero-order chi connectivity index (χ0) is 19.8. The van der Waals surface area contributed by atoms with Crippen LogP contribution in [0.2, 0.25) is 0 Å². The fraction of sp³-hybridized carbons (Fsp3) is 0.650. The summed E-state index contributed by atoms with van der Waals surface area (Å²) in [7, 11) is 0. The monoisotopic (exact) mass is 531 g/mol. The van der Waals surface area contributed by atoms with E-state index in [-0.39, 0.29) is 24.0 Å². The second-order valence-corrected chi connectivity index (χ2v) is 8.65. The van der Waals surface area contributed by atoms with E-state index in [0.29, 0.717) is 5.92 Å². The molecule has 0 bridgehead atoms. The van der Waals surface area contributed by atoms with Gasteiger partial charge < -0.3 is 14.8 Å². The summed E-state index contributed by atoms with van der Waals surface area (Å²) in [6, 6.07) is 4.24. The number of rotatable bonds is 8. The number of aliphatic imine (C=N–C) groups is 1. The van der Waals surface area contributed by atoms with Crippen molar-refractivity contribution >= 4 is 41.3 Å². The van der Waals surface area contributed by atoms with Crippen molar-refractivity contribution in [1.29, 1.82) is 0 Å². The molecular formula is C20H34IN7S. The van der Waals surface area contributed by atoms with Crippen LogP contribution in [-0.4, -0.2) is 69.8 Å². The largest absolute Gasteiger partial charge is 0.354 e. The summed E-state index contributed by atoms with van der Waals surface area (Å²) < 4.78 is 2.12. The van der Waals surface area contributed by atoms with E-state index in [1.165, 1.54) is 11.4 Å². The molecule has 0 amide bonds. The summed E-state index contributed by atoms with van der Waals surface area (Å²) in [4.78, 5) is 11.2. The Morgan fingerprint density at radius 3 is 2.72 bits per heavy atom. The summed E-state index contributed by atoms with van der Waals surface area (Å²) in [6.07, 6.45) is 2.71. The molecule has 0 atom stereocenters. The molecular weight excluding hydrogens is 497 g/mol. The van der Waals surface area contributed by atoms with E-state index in [9.17, 15) is 0 Å².